The summed E-state index contributed by atoms with van der Waals surface area (Å²) >= 11 is 1.65. The van der Waals surface area contributed by atoms with Crippen LogP contribution >= 0.6 is 11.8 Å². The van der Waals surface area contributed by atoms with Crippen molar-refractivity contribution in [1.82, 2.24) is 25.1 Å². The van der Waals surface area contributed by atoms with E-state index in [9.17, 15) is 14.4 Å². The highest BCUT2D eigenvalue weighted by Gasteiger charge is 2.51. The Morgan fingerprint density at radius 1 is 0.929 bits per heavy atom. The van der Waals surface area contributed by atoms with Gasteiger partial charge in [0.1, 0.15) is 12.2 Å². The number of hydrazine groups is 1. The minimum atomic E-state index is -0.626. The third-order valence-electron chi connectivity index (χ3n) is 8.09. The fourth-order valence-electron chi connectivity index (χ4n) is 5.98. The van der Waals surface area contributed by atoms with Crippen LogP contribution in [0.3, 0.4) is 0 Å². The summed E-state index contributed by atoms with van der Waals surface area (Å²) in [7, 11) is 0. The number of hydrogen-bond acceptors (Lipinski definition) is 5. The lowest BCUT2D eigenvalue weighted by Crippen LogP contribution is -2.76. The summed E-state index contributed by atoms with van der Waals surface area (Å²) in [6.45, 7) is 3.56. The van der Waals surface area contributed by atoms with Gasteiger partial charge in [0.15, 0.2) is 0 Å². The topological polar surface area (TPSA) is 76.2 Å². The molecule has 2 aliphatic heterocycles. The van der Waals surface area contributed by atoms with Crippen LogP contribution in [0.4, 0.5) is 4.79 Å². The zero-order valence-electron chi connectivity index (χ0n) is 24.3. The van der Waals surface area contributed by atoms with Gasteiger partial charge in [0.2, 0.25) is 11.8 Å². The number of amides is 4. The first-order valence-corrected chi connectivity index (χ1v) is 16.0. The fourth-order valence-corrected chi connectivity index (χ4v) is 6.44. The van der Waals surface area contributed by atoms with Gasteiger partial charge in [0.25, 0.3) is 0 Å². The van der Waals surface area contributed by atoms with E-state index in [-0.39, 0.29) is 36.9 Å². The van der Waals surface area contributed by atoms with Crippen LogP contribution in [0.25, 0.3) is 0 Å². The van der Waals surface area contributed by atoms with E-state index >= 15 is 0 Å². The van der Waals surface area contributed by atoms with Gasteiger partial charge in [-0.05, 0) is 35.1 Å². The molecule has 4 amide bonds. The van der Waals surface area contributed by atoms with Crippen molar-refractivity contribution in [3.8, 4) is 0 Å². The summed E-state index contributed by atoms with van der Waals surface area (Å²) in [5.74, 6) is 0.515. The number of carbonyl (C=O) groups excluding carboxylic acids is 3. The van der Waals surface area contributed by atoms with E-state index < -0.39 is 12.2 Å². The van der Waals surface area contributed by atoms with Crippen molar-refractivity contribution in [1.29, 1.82) is 0 Å². The summed E-state index contributed by atoms with van der Waals surface area (Å²) in [6.07, 6.45) is 1.94. The van der Waals surface area contributed by atoms with E-state index in [0.717, 1.165) is 22.4 Å². The second-order valence-corrected chi connectivity index (χ2v) is 11.7. The molecule has 8 nitrogen and oxygen atoms in total. The molecule has 9 heteroatoms. The molecule has 42 heavy (non-hydrogen) atoms. The van der Waals surface area contributed by atoms with Crippen LogP contribution in [-0.4, -0.2) is 88.1 Å². The monoisotopic (exact) mass is 585 g/mol. The maximum absolute atomic E-state index is 14.2. The average molecular weight is 586 g/mol. The molecule has 3 aromatic carbocycles. The predicted octanol–water partition coefficient (Wildman–Crippen LogP) is 4.40. The summed E-state index contributed by atoms with van der Waals surface area (Å²) < 4.78 is 0. The Hall–Kier alpha value is -3.82. The van der Waals surface area contributed by atoms with Gasteiger partial charge in [0.05, 0.1) is 13.1 Å². The molecule has 0 unspecified atom stereocenters. The van der Waals surface area contributed by atoms with Gasteiger partial charge in [-0.3, -0.25) is 9.59 Å². The molecule has 0 aliphatic carbocycles. The number of thioether (sulfide) groups is 1. The van der Waals surface area contributed by atoms with Gasteiger partial charge in [-0.15, -0.1) is 0 Å². The zero-order valence-corrected chi connectivity index (χ0v) is 25.1. The molecule has 0 radical (unpaired) electrons. The van der Waals surface area contributed by atoms with Crippen LogP contribution in [0.2, 0.25) is 0 Å². The molecule has 1 N–H and O–H groups in total. The Labute approximate surface area is 252 Å². The van der Waals surface area contributed by atoms with Gasteiger partial charge in [-0.2, -0.15) is 11.8 Å². The highest BCUT2D eigenvalue weighted by molar-refractivity contribution is 7.98. The van der Waals surface area contributed by atoms with Gasteiger partial charge in [-0.1, -0.05) is 97.9 Å². The van der Waals surface area contributed by atoms with Crippen molar-refractivity contribution < 1.29 is 14.4 Å². The normalized spacial score (nSPS) is 19.3. The number of hydrogen-bond donors (Lipinski definition) is 1. The third-order valence-corrected chi connectivity index (χ3v) is 8.74. The highest BCUT2D eigenvalue weighted by Crippen LogP contribution is 2.32. The van der Waals surface area contributed by atoms with Crippen molar-refractivity contribution in [3.05, 3.63) is 108 Å². The number of nitrogens with zero attached hydrogens (tertiary/aromatic N) is 4. The van der Waals surface area contributed by atoms with Crippen LogP contribution in [0.15, 0.2) is 91.0 Å². The lowest BCUT2D eigenvalue weighted by Gasteiger charge is -2.55. The van der Waals surface area contributed by atoms with Crippen molar-refractivity contribution in [2.24, 2.45) is 0 Å². The Morgan fingerprint density at radius 3 is 2.10 bits per heavy atom. The molecule has 0 aromatic heterocycles. The predicted molar refractivity (Wildman–Crippen MR) is 166 cm³/mol. The number of urea groups is 1. The SMILES string of the molecule is CCN1CC(=O)N2[C@@H](CCSC)C(=O)N(CC(c3ccccc3)c3ccccc3)C[C@@H]2N1C(=O)NCc1ccccc1. The minimum absolute atomic E-state index is 0.0500. The second kappa shape index (κ2) is 13.9. The van der Waals surface area contributed by atoms with Gasteiger partial charge >= 0.3 is 6.03 Å². The van der Waals surface area contributed by atoms with Crippen LogP contribution < -0.4 is 5.32 Å². The molecule has 220 valence electrons. The summed E-state index contributed by atoms with van der Waals surface area (Å²) in [5.41, 5.74) is 3.23. The maximum atomic E-state index is 14.2. The molecule has 0 bridgehead atoms. The van der Waals surface area contributed by atoms with Crippen LogP contribution in [0.1, 0.15) is 36.0 Å². The van der Waals surface area contributed by atoms with Crippen molar-refractivity contribution in [3.63, 3.8) is 0 Å². The fraction of sp³-hybridized carbons (Fsp3) is 0.364. The van der Waals surface area contributed by atoms with E-state index in [1.807, 2.05) is 84.8 Å². The Kier molecular flexibility index (Phi) is 9.81. The number of likely N-dealkylation sites (N-methyl/N-ethyl adjacent to an activating group) is 1. The lowest BCUT2D eigenvalue weighted by molar-refractivity contribution is -0.190. The minimum Gasteiger partial charge on any atom is -0.336 e. The first-order chi connectivity index (χ1) is 20.5. The Bertz CT molecular complexity index is 1300. The van der Waals surface area contributed by atoms with E-state index in [1.165, 1.54) is 0 Å². The maximum Gasteiger partial charge on any atom is 0.334 e. The molecule has 5 rings (SSSR count). The third kappa shape index (κ3) is 6.47. The van der Waals surface area contributed by atoms with Gasteiger partial charge < -0.3 is 15.1 Å². The van der Waals surface area contributed by atoms with Crippen LogP contribution in [0.5, 0.6) is 0 Å². The molecular formula is C33H39N5O3S. The smallest absolute Gasteiger partial charge is 0.334 e. The quantitative estimate of drug-likeness (QED) is 0.382. The molecule has 2 heterocycles. The Morgan fingerprint density at radius 2 is 1.52 bits per heavy atom. The van der Waals surface area contributed by atoms with Gasteiger partial charge in [0, 0.05) is 25.6 Å². The summed E-state index contributed by atoms with van der Waals surface area (Å²) in [4.78, 5) is 45.1. The molecule has 2 atom stereocenters. The molecule has 0 spiro atoms. The van der Waals surface area contributed by atoms with Gasteiger partial charge in [-0.25, -0.2) is 14.8 Å². The molecule has 2 fully saturated rings. The number of carbonyl (C=O) groups is 3. The number of fused-ring (bicyclic) bond motifs is 1. The van der Waals surface area contributed by atoms with Crippen molar-refractivity contribution in [2.45, 2.75) is 38.0 Å². The number of rotatable bonds is 10. The summed E-state index contributed by atoms with van der Waals surface area (Å²) in [6, 6.07) is 29.3. The first-order valence-electron chi connectivity index (χ1n) is 14.6. The van der Waals surface area contributed by atoms with E-state index in [0.29, 0.717) is 26.1 Å². The second-order valence-electron chi connectivity index (χ2n) is 10.7. The molecule has 2 aliphatic rings. The van der Waals surface area contributed by atoms with E-state index in [1.54, 1.807) is 26.7 Å². The van der Waals surface area contributed by atoms with E-state index in [4.69, 9.17) is 0 Å². The zero-order chi connectivity index (χ0) is 29.5. The Balaban J connectivity index is 1.47. The van der Waals surface area contributed by atoms with Crippen molar-refractivity contribution in [2.75, 3.05) is 38.2 Å². The van der Waals surface area contributed by atoms with Crippen molar-refractivity contribution >= 4 is 29.6 Å². The van der Waals surface area contributed by atoms with Crippen LogP contribution in [-0.2, 0) is 16.1 Å². The van der Waals surface area contributed by atoms with E-state index in [2.05, 4.69) is 29.6 Å². The summed E-state index contributed by atoms with van der Waals surface area (Å²) in [5, 5.41) is 6.53. The number of piperazine rings is 1. The number of nitrogens with one attached hydrogen (secondary N) is 1. The van der Waals surface area contributed by atoms with Crippen LogP contribution in [0, 0.1) is 0 Å². The average Bonchev–Trinajstić information content (AvgIpc) is 3.03. The largest absolute Gasteiger partial charge is 0.336 e. The first kappa shape index (κ1) is 29.7. The number of benzene rings is 3. The highest BCUT2D eigenvalue weighted by atomic mass is 32.2. The molecule has 0 saturated carbocycles. The molecular weight excluding hydrogens is 546 g/mol. The molecule has 3 aromatic rings. The standard InChI is InChI=1S/C33H39N5O3S/c1-3-36-24-31(39)37-29(19-20-42-2)32(40)35(22-28(26-15-9-5-10-16-26)27-17-11-6-12-18-27)23-30(37)38(36)33(41)34-21-25-13-7-4-8-14-25/h4-18,28-30H,3,19-24H2,1-2H3,(H,34,41)/t29-,30-/m0/s1. The lowest BCUT2D eigenvalue weighted by atomic mass is 9.90. The molecule has 2 saturated heterocycles.